The van der Waals surface area contributed by atoms with Gasteiger partial charge in [-0.25, -0.2) is 0 Å². The Bertz CT molecular complexity index is 388. The molecule has 1 N–H and O–H groups in total. The number of rotatable bonds is 3. The average molecular weight is 270 g/mol. The van der Waals surface area contributed by atoms with Crippen LogP contribution in [-0.4, -0.2) is 45.7 Å². The number of nitrogens with one attached hydrogen (secondary N) is 1. The topological polar surface area (TPSA) is 54.2 Å². The van der Waals surface area contributed by atoms with Gasteiger partial charge in [0.05, 0.1) is 12.6 Å². The Hall–Kier alpha value is -0.590. The van der Waals surface area contributed by atoms with Gasteiger partial charge in [-0.05, 0) is 27.8 Å². The summed E-state index contributed by atoms with van der Waals surface area (Å²) in [5.74, 6) is 3.71. The van der Waals surface area contributed by atoms with E-state index in [4.69, 9.17) is 4.52 Å². The van der Waals surface area contributed by atoms with Crippen LogP contribution in [0.4, 0.5) is 0 Å². The number of thioether (sulfide) groups is 1. The van der Waals surface area contributed by atoms with Crippen molar-refractivity contribution in [3.8, 4) is 0 Å². The second-order valence-electron chi connectivity index (χ2n) is 5.72. The van der Waals surface area contributed by atoms with Crippen molar-refractivity contribution in [1.29, 1.82) is 0 Å². The highest BCUT2D eigenvalue weighted by Gasteiger charge is 2.25. The van der Waals surface area contributed by atoms with Crippen LogP contribution in [0.1, 0.15) is 38.5 Å². The molecule has 1 aromatic heterocycles. The highest BCUT2D eigenvalue weighted by molar-refractivity contribution is 7.99. The lowest BCUT2D eigenvalue weighted by Crippen LogP contribution is -2.35. The fourth-order valence-electron chi connectivity index (χ4n) is 1.77. The van der Waals surface area contributed by atoms with E-state index in [0.29, 0.717) is 12.4 Å². The normalized spacial score (nSPS) is 22.3. The molecule has 1 aliphatic heterocycles. The van der Waals surface area contributed by atoms with E-state index >= 15 is 0 Å². The van der Waals surface area contributed by atoms with Gasteiger partial charge in [-0.15, -0.1) is 0 Å². The molecule has 0 aliphatic carbocycles. The Morgan fingerprint density at radius 1 is 1.50 bits per heavy atom. The molecule has 18 heavy (non-hydrogen) atoms. The van der Waals surface area contributed by atoms with Crippen molar-refractivity contribution in [2.75, 3.05) is 25.1 Å². The standard InChI is InChI=1S/C12H22N4OS/c1-12(2,3)13-7-10-14-11(15-17-10)9-8-18-6-5-16(9)4/h9,13H,5-8H2,1-4H3. The predicted octanol–water partition coefficient (Wildman–Crippen LogP) is 1.68. The van der Waals surface area contributed by atoms with Crippen molar-refractivity contribution < 1.29 is 4.52 Å². The predicted molar refractivity (Wildman–Crippen MR) is 73.6 cm³/mol. The van der Waals surface area contributed by atoms with Crippen LogP contribution in [0.3, 0.4) is 0 Å². The summed E-state index contributed by atoms with van der Waals surface area (Å²) in [5, 5.41) is 7.46. The average Bonchev–Trinajstić information content (AvgIpc) is 2.75. The van der Waals surface area contributed by atoms with E-state index in [1.165, 1.54) is 5.75 Å². The smallest absolute Gasteiger partial charge is 0.240 e. The van der Waals surface area contributed by atoms with Crippen LogP contribution in [0.5, 0.6) is 0 Å². The van der Waals surface area contributed by atoms with E-state index in [1.54, 1.807) is 0 Å². The molecule has 0 bridgehead atoms. The van der Waals surface area contributed by atoms with Gasteiger partial charge in [0.25, 0.3) is 0 Å². The molecular formula is C12H22N4OS. The summed E-state index contributed by atoms with van der Waals surface area (Å²) >= 11 is 1.95. The van der Waals surface area contributed by atoms with Crippen LogP contribution in [0.2, 0.25) is 0 Å². The van der Waals surface area contributed by atoms with Crippen LogP contribution < -0.4 is 5.32 Å². The zero-order valence-corrected chi connectivity index (χ0v) is 12.4. The highest BCUT2D eigenvalue weighted by Crippen LogP contribution is 2.26. The van der Waals surface area contributed by atoms with Crippen molar-refractivity contribution in [3.63, 3.8) is 0 Å². The summed E-state index contributed by atoms with van der Waals surface area (Å²) < 4.78 is 5.30. The number of hydrogen-bond acceptors (Lipinski definition) is 6. The highest BCUT2D eigenvalue weighted by atomic mass is 32.2. The molecule has 1 aliphatic rings. The first-order valence-electron chi connectivity index (χ1n) is 6.31. The van der Waals surface area contributed by atoms with Crippen molar-refractivity contribution in [2.45, 2.75) is 38.9 Å². The molecule has 1 saturated heterocycles. The van der Waals surface area contributed by atoms with Gasteiger partial charge in [0, 0.05) is 23.6 Å². The van der Waals surface area contributed by atoms with Crippen LogP contribution in [0.25, 0.3) is 0 Å². The summed E-state index contributed by atoms with van der Waals surface area (Å²) in [6, 6.07) is 0.288. The van der Waals surface area contributed by atoms with Gasteiger partial charge in [0.2, 0.25) is 5.89 Å². The van der Waals surface area contributed by atoms with Gasteiger partial charge < -0.3 is 9.84 Å². The Labute approximate surface area is 113 Å². The second-order valence-corrected chi connectivity index (χ2v) is 6.87. The van der Waals surface area contributed by atoms with Gasteiger partial charge in [0.15, 0.2) is 5.82 Å². The van der Waals surface area contributed by atoms with Crippen molar-refractivity contribution in [3.05, 3.63) is 11.7 Å². The largest absolute Gasteiger partial charge is 0.338 e. The minimum absolute atomic E-state index is 0.0616. The number of hydrogen-bond donors (Lipinski definition) is 1. The molecule has 0 radical (unpaired) electrons. The molecule has 1 fully saturated rings. The lowest BCUT2D eigenvalue weighted by atomic mass is 10.1. The van der Waals surface area contributed by atoms with Gasteiger partial charge in [-0.3, -0.25) is 4.90 Å². The van der Waals surface area contributed by atoms with Crippen molar-refractivity contribution in [1.82, 2.24) is 20.4 Å². The number of aromatic nitrogens is 2. The van der Waals surface area contributed by atoms with Crippen molar-refractivity contribution >= 4 is 11.8 Å². The first-order chi connectivity index (χ1) is 8.46. The monoisotopic (exact) mass is 270 g/mol. The van der Waals surface area contributed by atoms with Gasteiger partial charge >= 0.3 is 0 Å². The zero-order valence-electron chi connectivity index (χ0n) is 11.6. The first kappa shape index (κ1) is 13.8. The van der Waals surface area contributed by atoms with Crippen LogP contribution in [0, 0.1) is 0 Å². The Morgan fingerprint density at radius 3 is 2.94 bits per heavy atom. The van der Waals surface area contributed by atoms with E-state index in [-0.39, 0.29) is 11.6 Å². The maximum Gasteiger partial charge on any atom is 0.240 e. The van der Waals surface area contributed by atoms with E-state index in [9.17, 15) is 0 Å². The van der Waals surface area contributed by atoms with Gasteiger partial charge in [0.1, 0.15) is 0 Å². The lowest BCUT2D eigenvalue weighted by molar-refractivity contribution is 0.256. The first-order valence-corrected chi connectivity index (χ1v) is 7.47. The molecule has 1 aromatic rings. The van der Waals surface area contributed by atoms with E-state index in [1.807, 2.05) is 11.8 Å². The SMILES string of the molecule is CN1CCSCC1c1noc(CNC(C)(C)C)n1. The summed E-state index contributed by atoms with van der Waals surface area (Å²) in [5.41, 5.74) is 0.0616. The van der Waals surface area contributed by atoms with Crippen LogP contribution in [-0.2, 0) is 6.54 Å². The molecule has 0 aromatic carbocycles. The van der Waals surface area contributed by atoms with E-state index < -0.39 is 0 Å². The van der Waals surface area contributed by atoms with Crippen molar-refractivity contribution in [2.24, 2.45) is 0 Å². The minimum atomic E-state index is 0.0616. The molecular weight excluding hydrogens is 248 g/mol. The third-order valence-corrected chi connectivity index (χ3v) is 3.97. The Morgan fingerprint density at radius 2 is 2.28 bits per heavy atom. The molecule has 6 heteroatoms. The summed E-state index contributed by atoms with van der Waals surface area (Å²) in [6.45, 7) is 8.07. The molecule has 5 nitrogen and oxygen atoms in total. The molecule has 2 heterocycles. The fourth-order valence-corrected chi connectivity index (χ4v) is 2.98. The number of nitrogens with zero attached hydrogens (tertiary/aromatic N) is 3. The summed E-state index contributed by atoms with van der Waals surface area (Å²) in [4.78, 5) is 6.79. The van der Waals surface area contributed by atoms with Gasteiger partial charge in [-0.2, -0.15) is 16.7 Å². The molecule has 1 unspecified atom stereocenters. The Kier molecular flexibility index (Phi) is 4.29. The maximum absolute atomic E-state index is 5.30. The quantitative estimate of drug-likeness (QED) is 0.902. The lowest BCUT2D eigenvalue weighted by Gasteiger charge is -2.29. The van der Waals surface area contributed by atoms with Crippen LogP contribution in [0.15, 0.2) is 4.52 Å². The zero-order chi connectivity index (χ0) is 13.2. The second kappa shape index (κ2) is 5.59. The third kappa shape index (κ3) is 3.70. The van der Waals surface area contributed by atoms with Gasteiger partial charge in [-0.1, -0.05) is 5.16 Å². The van der Waals surface area contributed by atoms with E-state index in [2.05, 4.69) is 48.2 Å². The molecule has 0 spiro atoms. The molecule has 0 amide bonds. The Balaban J connectivity index is 1.97. The van der Waals surface area contributed by atoms with E-state index in [0.717, 1.165) is 18.1 Å². The fraction of sp³-hybridized carbons (Fsp3) is 0.833. The van der Waals surface area contributed by atoms with Crippen LogP contribution >= 0.6 is 11.8 Å². The molecule has 1 atom stereocenters. The third-order valence-electron chi connectivity index (χ3n) is 2.95. The molecule has 0 saturated carbocycles. The summed E-state index contributed by atoms with van der Waals surface area (Å²) in [6.07, 6.45) is 0. The maximum atomic E-state index is 5.30. The summed E-state index contributed by atoms with van der Waals surface area (Å²) in [7, 11) is 2.12. The molecule has 2 rings (SSSR count). The molecule has 102 valence electrons. The minimum Gasteiger partial charge on any atom is -0.338 e.